The summed E-state index contributed by atoms with van der Waals surface area (Å²) in [4.78, 5) is 18.6. The number of benzene rings is 1. The van der Waals surface area contributed by atoms with Crippen LogP contribution < -0.4 is 16.0 Å². The Morgan fingerprint density at radius 3 is 2.38 bits per heavy atom. The van der Waals surface area contributed by atoms with Crippen molar-refractivity contribution in [3.05, 3.63) is 29.8 Å². The first-order valence-corrected chi connectivity index (χ1v) is 11.2. The number of carbonyl (C=O) groups is 1. The predicted molar refractivity (Wildman–Crippen MR) is 141 cm³/mol. The van der Waals surface area contributed by atoms with Crippen LogP contribution in [-0.2, 0) is 15.9 Å². The summed E-state index contributed by atoms with van der Waals surface area (Å²) in [7, 11) is 1.79. The van der Waals surface area contributed by atoms with Gasteiger partial charge in [0.15, 0.2) is 5.96 Å². The molecule has 1 aromatic rings. The molecular formula is C23H40IN5O3. The molecule has 32 heavy (non-hydrogen) atoms. The molecule has 1 aliphatic rings. The maximum absolute atomic E-state index is 11.8. The zero-order valence-electron chi connectivity index (χ0n) is 19.9. The Kier molecular flexibility index (Phi) is 13.6. The fourth-order valence-electron chi connectivity index (χ4n) is 3.21. The SMILES string of the molecule is CN=C(NCCCCN1CCOCC1)NCCc1ccc(NC(=O)OC(C)(C)C)cc1.I. The van der Waals surface area contributed by atoms with Gasteiger partial charge in [0.1, 0.15) is 5.60 Å². The van der Waals surface area contributed by atoms with Crippen molar-refractivity contribution in [2.45, 2.75) is 45.6 Å². The molecule has 1 heterocycles. The number of aliphatic imine (C=N–C) groups is 1. The summed E-state index contributed by atoms with van der Waals surface area (Å²) in [5.74, 6) is 0.828. The summed E-state index contributed by atoms with van der Waals surface area (Å²) in [6, 6.07) is 7.80. The Labute approximate surface area is 209 Å². The lowest BCUT2D eigenvalue weighted by Crippen LogP contribution is -2.39. The quantitative estimate of drug-likeness (QED) is 0.185. The van der Waals surface area contributed by atoms with Crippen LogP contribution in [0.1, 0.15) is 39.2 Å². The minimum absolute atomic E-state index is 0. The molecule has 1 fully saturated rings. The Morgan fingerprint density at radius 2 is 1.75 bits per heavy atom. The molecule has 0 saturated carbocycles. The number of nitrogens with one attached hydrogen (secondary N) is 3. The molecule has 9 heteroatoms. The van der Waals surface area contributed by atoms with Crippen LogP contribution in [0.2, 0.25) is 0 Å². The van der Waals surface area contributed by atoms with Gasteiger partial charge < -0.3 is 20.1 Å². The molecule has 0 bridgehead atoms. The van der Waals surface area contributed by atoms with Crippen LogP contribution in [0.25, 0.3) is 0 Å². The van der Waals surface area contributed by atoms with E-state index < -0.39 is 11.7 Å². The van der Waals surface area contributed by atoms with Crippen molar-refractivity contribution in [3.63, 3.8) is 0 Å². The fraction of sp³-hybridized carbons (Fsp3) is 0.652. The molecule has 1 saturated heterocycles. The Morgan fingerprint density at radius 1 is 1.09 bits per heavy atom. The molecule has 1 aliphatic heterocycles. The van der Waals surface area contributed by atoms with Crippen molar-refractivity contribution in [2.24, 2.45) is 4.99 Å². The van der Waals surface area contributed by atoms with E-state index >= 15 is 0 Å². The Hall–Kier alpha value is -1.59. The lowest BCUT2D eigenvalue weighted by molar-refractivity contribution is 0.0372. The highest BCUT2D eigenvalue weighted by atomic mass is 127. The van der Waals surface area contributed by atoms with E-state index in [-0.39, 0.29) is 24.0 Å². The first-order chi connectivity index (χ1) is 14.9. The number of hydrogen-bond acceptors (Lipinski definition) is 5. The van der Waals surface area contributed by atoms with Crippen molar-refractivity contribution in [3.8, 4) is 0 Å². The third-order valence-electron chi connectivity index (χ3n) is 4.83. The van der Waals surface area contributed by atoms with Gasteiger partial charge in [-0.2, -0.15) is 0 Å². The van der Waals surface area contributed by atoms with Crippen LogP contribution >= 0.6 is 24.0 Å². The van der Waals surface area contributed by atoms with E-state index in [1.165, 1.54) is 12.0 Å². The maximum atomic E-state index is 11.8. The molecule has 1 aromatic carbocycles. The third kappa shape index (κ3) is 12.4. The maximum Gasteiger partial charge on any atom is 0.412 e. The molecule has 0 aliphatic carbocycles. The molecule has 0 aromatic heterocycles. The van der Waals surface area contributed by atoms with Crippen molar-refractivity contribution in [1.82, 2.24) is 15.5 Å². The zero-order chi connectivity index (χ0) is 22.5. The van der Waals surface area contributed by atoms with Crippen molar-refractivity contribution in [1.29, 1.82) is 0 Å². The average Bonchev–Trinajstić information content (AvgIpc) is 2.73. The number of ether oxygens (including phenoxy) is 2. The third-order valence-corrected chi connectivity index (χ3v) is 4.83. The summed E-state index contributed by atoms with van der Waals surface area (Å²) < 4.78 is 10.6. The van der Waals surface area contributed by atoms with Gasteiger partial charge in [0.25, 0.3) is 0 Å². The molecule has 0 unspecified atom stereocenters. The number of unbranched alkanes of at least 4 members (excludes halogenated alkanes) is 1. The number of nitrogens with zero attached hydrogens (tertiary/aromatic N) is 2. The fourth-order valence-corrected chi connectivity index (χ4v) is 3.21. The number of anilines is 1. The number of rotatable bonds is 9. The van der Waals surface area contributed by atoms with Crippen LogP contribution in [0.15, 0.2) is 29.3 Å². The molecule has 0 atom stereocenters. The first kappa shape index (κ1) is 28.4. The van der Waals surface area contributed by atoms with Crippen molar-refractivity contribution in [2.75, 3.05) is 58.3 Å². The van der Waals surface area contributed by atoms with Crippen molar-refractivity contribution < 1.29 is 14.3 Å². The Balaban J connectivity index is 0.00000512. The van der Waals surface area contributed by atoms with Crippen LogP contribution in [-0.4, -0.2) is 75.5 Å². The second-order valence-corrected chi connectivity index (χ2v) is 8.66. The Bertz CT molecular complexity index is 686. The minimum Gasteiger partial charge on any atom is -0.444 e. The van der Waals surface area contributed by atoms with Crippen LogP contribution in [0.5, 0.6) is 0 Å². The average molecular weight is 562 g/mol. The summed E-state index contributed by atoms with van der Waals surface area (Å²) in [6.07, 6.45) is 2.71. The van der Waals surface area contributed by atoms with Gasteiger partial charge in [-0.3, -0.25) is 15.2 Å². The van der Waals surface area contributed by atoms with Gasteiger partial charge >= 0.3 is 6.09 Å². The molecule has 182 valence electrons. The summed E-state index contributed by atoms with van der Waals surface area (Å²) in [5, 5.41) is 9.48. The summed E-state index contributed by atoms with van der Waals surface area (Å²) >= 11 is 0. The predicted octanol–water partition coefficient (Wildman–Crippen LogP) is 3.47. The number of amides is 1. The smallest absolute Gasteiger partial charge is 0.412 e. The number of halogens is 1. The van der Waals surface area contributed by atoms with E-state index in [2.05, 4.69) is 25.8 Å². The normalized spacial score (nSPS) is 14.9. The van der Waals surface area contributed by atoms with Gasteiger partial charge in [-0.05, 0) is 64.3 Å². The van der Waals surface area contributed by atoms with E-state index in [9.17, 15) is 4.79 Å². The topological polar surface area (TPSA) is 87.2 Å². The largest absolute Gasteiger partial charge is 0.444 e. The molecule has 8 nitrogen and oxygen atoms in total. The summed E-state index contributed by atoms with van der Waals surface area (Å²) in [6.45, 7) is 12.2. The van der Waals surface area contributed by atoms with Gasteiger partial charge in [0, 0.05) is 38.9 Å². The molecule has 0 spiro atoms. The van der Waals surface area contributed by atoms with E-state index in [1.54, 1.807) is 7.05 Å². The van der Waals surface area contributed by atoms with Crippen LogP contribution in [0.3, 0.4) is 0 Å². The lowest BCUT2D eigenvalue weighted by atomic mass is 10.1. The van der Waals surface area contributed by atoms with Gasteiger partial charge in [0.2, 0.25) is 0 Å². The van der Waals surface area contributed by atoms with Gasteiger partial charge in [-0.15, -0.1) is 24.0 Å². The minimum atomic E-state index is -0.509. The number of morpholine rings is 1. The summed E-state index contributed by atoms with van der Waals surface area (Å²) in [5.41, 5.74) is 1.40. The standard InChI is InChI=1S/C23H39N5O3.HI/c1-23(2,3)31-22(29)27-20-9-7-19(8-10-20)11-13-26-21(24-4)25-12-5-6-14-28-15-17-30-18-16-28;/h7-10H,5-6,11-18H2,1-4H3,(H,27,29)(H2,24,25,26);1H. The molecule has 3 N–H and O–H groups in total. The van der Waals surface area contributed by atoms with Crippen LogP contribution in [0, 0.1) is 0 Å². The molecule has 0 radical (unpaired) electrons. The molecule has 2 rings (SSSR count). The zero-order valence-corrected chi connectivity index (χ0v) is 22.2. The lowest BCUT2D eigenvalue weighted by Gasteiger charge is -2.26. The van der Waals surface area contributed by atoms with Crippen molar-refractivity contribution >= 4 is 41.7 Å². The van der Waals surface area contributed by atoms with Gasteiger partial charge in [-0.1, -0.05) is 12.1 Å². The van der Waals surface area contributed by atoms with E-state index in [4.69, 9.17) is 9.47 Å². The number of hydrogen-bond donors (Lipinski definition) is 3. The number of carbonyl (C=O) groups excluding carboxylic acids is 1. The second-order valence-electron chi connectivity index (χ2n) is 8.66. The van der Waals surface area contributed by atoms with E-state index in [0.29, 0.717) is 0 Å². The highest BCUT2D eigenvalue weighted by Gasteiger charge is 2.16. The highest BCUT2D eigenvalue weighted by molar-refractivity contribution is 14.0. The van der Waals surface area contributed by atoms with Crippen LogP contribution in [0.4, 0.5) is 10.5 Å². The number of guanidine groups is 1. The van der Waals surface area contributed by atoms with Gasteiger partial charge in [-0.25, -0.2) is 4.79 Å². The van der Waals surface area contributed by atoms with E-state index in [1.807, 2.05) is 45.0 Å². The second kappa shape index (κ2) is 15.3. The molecule has 1 amide bonds. The van der Waals surface area contributed by atoms with E-state index in [0.717, 1.165) is 70.4 Å². The monoisotopic (exact) mass is 561 g/mol. The highest BCUT2D eigenvalue weighted by Crippen LogP contribution is 2.13. The molecular weight excluding hydrogens is 521 g/mol. The van der Waals surface area contributed by atoms with Gasteiger partial charge in [0.05, 0.1) is 13.2 Å². The first-order valence-electron chi connectivity index (χ1n) is 11.2.